The number of esters is 1. The number of ketones is 1. The van der Waals surface area contributed by atoms with Crippen molar-refractivity contribution in [1.29, 1.82) is 0 Å². The molecular formula is C15H17BrO4. The maximum atomic E-state index is 11.9. The first-order valence-corrected chi connectivity index (χ1v) is 7.51. The van der Waals surface area contributed by atoms with Crippen LogP contribution in [0.15, 0.2) is 28.7 Å². The molecule has 0 saturated heterocycles. The van der Waals surface area contributed by atoms with E-state index < -0.39 is 6.10 Å². The van der Waals surface area contributed by atoms with E-state index in [9.17, 15) is 9.59 Å². The van der Waals surface area contributed by atoms with Crippen LogP contribution in [0, 0.1) is 5.92 Å². The summed E-state index contributed by atoms with van der Waals surface area (Å²) in [5, 5.41) is 0. The second-order valence-electron chi connectivity index (χ2n) is 4.75. The second kappa shape index (κ2) is 6.88. The van der Waals surface area contributed by atoms with Gasteiger partial charge < -0.3 is 9.47 Å². The molecule has 1 aliphatic rings. The van der Waals surface area contributed by atoms with Gasteiger partial charge in [-0.25, -0.2) is 0 Å². The molecule has 4 nitrogen and oxygen atoms in total. The highest BCUT2D eigenvalue weighted by Gasteiger charge is 2.34. The lowest BCUT2D eigenvalue weighted by Crippen LogP contribution is -2.37. The van der Waals surface area contributed by atoms with Gasteiger partial charge in [0.15, 0.2) is 11.9 Å². The minimum absolute atomic E-state index is 0.0495. The number of hydrogen-bond acceptors (Lipinski definition) is 4. The van der Waals surface area contributed by atoms with E-state index in [1.165, 1.54) is 0 Å². The Bertz CT molecular complexity index is 483. The summed E-state index contributed by atoms with van der Waals surface area (Å²) in [6.07, 6.45) is 0.760. The van der Waals surface area contributed by atoms with Gasteiger partial charge in [-0.2, -0.15) is 0 Å². The summed E-state index contributed by atoms with van der Waals surface area (Å²) in [5.41, 5.74) is 0. The maximum Gasteiger partial charge on any atom is 0.309 e. The van der Waals surface area contributed by atoms with E-state index in [0.717, 1.165) is 4.47 Å². The van der Waals surface area contributed by atoms with Crippen molar-refractivity contribution in [2.45, 2.75) is 32.3 Å². The SMILES string of the molecule is CCOC(=O)C1CCC(=O)C(Oc2ccc(Br)cc2)C1. The smallest absolute Gasteiger partial charge is 0.309 e. The van der Waals surface area contributed by atoms with E-state index in [2.05, 4.69) is 15.9 Å². The molecule has 0 aliphatic heterocycles. The van der Waals surface area contributed by atoms with Crippen LogP contribution in [-0.4, -0.2) is 24.5 Å². The Morgan fingerprint density at radius 3 is 2.70 bits per heavy atom. The summed E-state index contributed by atoms with van der Waals surface area (Å²) in [4.78, 5) is 23.7. The molecule has 2 atom stereocenters. The van der Waals surface area contributed by atoms with Gasteiger partial charge in [0.1, 0.15) is 5.75 Å². The molecule has 0 radical (unpaired) electrons. The molecular weight excluding hydrogens is 324 g/mol. The highest BCUT2D eigenvalue weighted by atomic mass is 79.9. The molecule has 20 heavy (non-hydrogen) atoms. The van der Waals surface area contributed by atoms with Gasteiger partial charge in [-0.05, 0) is 37.6 Å². The Balaban J connectivity index is 2.00. The van der Waals surface area contributed by atoms with E-state index in [1.54, 1.807) is 19.1 Å². The average molecular weight is 341 g/mol. The third kappa shape index (κ3) is 3.82. The summed E-state index contributed by atoms with van der Waals surface area (Å²) in [5.74, 6) is 0.210. The van der Waals surface area contributed by atoms with E-state index in [0.29, 0.717) is 31.6 Å². The van der Waals surface area contributed by atoms with Crippen LogP contribution in [0.5, 0.6) is 5.75 Å². The van der Waals surface area contributed by atoms with Gasteiger partial charge in [0.25, 0.3) is 0 Å². The maximum absolute atomic E-state index is 11.9. The number of carbonyl (C=O) groups is 2. The normalized spacial score (nSPS) is 22.4. The molecule has 1 aromatic rings. The fourth-order valence-electron chi connectivity index (χ4n) is 2.25. The van der Waals surface area contributed by atoms with Crippen molar-refractivity contribution in [2.24, 2.45) is 5.92 Å². The van der Waals surface area contributed by atoms with Gasteiger partial charge in [0.2, 0.25) is 0 Å². The zero-order chi connectivity index (χ0) is 14.5. The van der Waals surface area contributed by atoms with Crippen LogP contribution in [0.3, 0.4) is 0 Å². The van der Waals surface area contributed by atoms with Gasteiger partial charge in [-0.15, -0.1) is 0 Å². The number of rotatable bonds is 4. The molecule has 1 aromatic carbocycles. The van der Waals surface area contributed by atoms with Crippen molar-refractivity contribution in [3.05, 3.63) is 28.7 Å². The van der Waals surface area contributed by atoms with Gasteiger partial charge in [-0.3, -0.25) is 9.59 Å². The Hall–Kier alpha value is -1.36. The van der Waals surface area contributed by atoms with Crippen LogP contribution in [0.2, 0.25) is 0 Å². The first-order chi connectivity index (χ1) is 9.60. The summed E-state index contributed by atoms with van der Waals surface area (Å²) >= 11 is 3.34. The Morgan fingerprint density at radius 2 is 2.05 bits per heavy atom. The van der Waals surface area contributed by atoms with Crippen LogP contribution in [0.1, 0.15) is 26.2 Å². The standard InChI is InChI=1S/C15H17BrO4/c1-2-19-15(18)10-3-8-13(17)14(9-10)20-12-6-4-11(16)5-7-12/h4-7,10,14H,2-3,8-9H2,1H3. The quantitative estimate of drug-likeness (QED) is 0.790. The fourth-order valence-corrected chi connectivity index (χ4v) is 2.51. The van der Waals surface area contributed by atoms with Gasteiger partial charge in [-0.1, -0.05) is 15.9 Å². The van der Waals surface area contributed by atoms with Crippen molar-refractivity contribution >= 4 is 27.7 Å². The fraction of sp³-hybridized carbons (Fsp3) is 0.467. The van der Waals surface area contributed by atoms with E-state index >= 15 is 0 Å². The molecule has 1 aliphatic carbocycles. The van der Waals surface area contributed by atoms with Crippen LogP contribution in [-0.2, 0) is 14.3 Å². The number of hydrogen-bond donors (Lipinski definition) is 0. The molecule has 2 unspecified atom stereocenters. The van der Waals surface area contributed by atoms with Crippen molar-refractivity contribution in [3.8, 4) is 5.75 Å². The van der Waals surface area contributed by atoms with Gasteiger partial charge >= 0.3 is 5.97 Å². The lowest BCUT2D eigenvalue weighted by molar-refractivity contribution is -0.151. The Labute approximate surface area is 126 Å². The van der Waals surface area contributed by atoms with Gasteiger partial charge in [0, 0.05) is 17.3 Å². The molecule has 0 bridgehead atoms. The lowest BCUT2D eigenvalue weighted by atomic mass is 9.86. The molecule has 2 rings (SSSR count). The molecule has 1 saturated carbocycles. The predicted molar refractivity (Wildman–Crippen MR) is 77.5 cm³/mol. The third-order valence-electron chi connectivity index (χ3n) is 3.31. The molecule has 0 spiro atoms. The highest BCUT2D eigenvalue weighted by molar-refractivity contribution is 9.10. The van der Waals surface area contributed by atoms with E-state index in [-0.39, 0.29) is 17.7 Å². The summed E-state index contributed by atoms with van der Waals surface area (Å²) < 4.78 is 11.7. The summed E-state index contributed by atoms with van der Waals surface area (Å²) in [6.45, 7) is 2.14. The van der Waals surface area contributed by atoms with E-state index in [1.807, 2.05) is 12.1 Å². The Kier molecular flexibility index (Phi) is 5.17. The predicted octanol–water partition coefficient (Wildman–Crippen LogP) is 3.13. The first kappa shape index (κ1) is 15.0. The van der Waals surface area contributed by atoms with E-state index in [4.69, 9.17) is 9.47 Å². The molecule has 0 N–H and O–H groups in total. The van der Waals surface area contributed by atoms with Crippen molar-refractivity contribution in [1.82, 2.24) is 0 Å². The number of benzene rings is 1. The van der Waals surface area contributed by atoms with Crippen LogP contribution >= 0.6 is 15.9 Å². The molecule has 0 aromatic heterocycles. The number of halogens is 1. The number of carbonyl (C=O) groups excluding carboxylic acids is 2. The first-order valence-electron chi connectivity index (χ1n) is 6.71. The number of ether oxygens (including phenoxy) is 2. The minimum Gasteiger partial charge on any atom is -0.483 e. The summed E-state index contributed by atoms with van der Waals surface area (Å²) in [7, 11) is 0. The molecule has 1 fully saturated rings. The zero-order valence-corrected chi connectivity index (χ0v) is 12.9. The van der Waals surface area contributed by atoms with Gasteiger partial charge in [0.05, 0.1) is 12.5 Å². The third-order valence-corrected chi connectivity index (χ3v) is 3.84. The monoisotopic (exact) mass is 340 g/mol. The van der Waals surface area contributed by atoms with Crippen LogP contribution in [0.25, 0.3) is 0 Å². The van der Waals surface area contributed by atoms with Crippen molar-refractivity contribution in [3.63, 3.8) is 0 Å². The van der Waals surface area contributed by atoms with Crippen LogP contribution in [0.4, 0.5) is 0 Å². The zero-order valence-electron chi connectivity index (χ0n) is 11.3. The molecule has 108 valence electrons. The lowest BCUT2D eigenvalue weighted by Gasteiger charge is -2.27. The topological polar surface area (TPSA) is 52.6 Å². The van der Waals surface area contributed by atoms with Crippen LogP contribution < -0.4 is 4.74 Å². The Morgan fingerprint density at radius 1 is 1.35 bits per heavy atom. The molecule has 5 heteroatoms. The molecule has 0 heterocycles. The minimum atomic E-state index is -0.556. The largest absolute Gasteiger partial charge is 0.483 e. The van der Waals surface area contributed by atoms with Crippen molar-refractivity contribution < 1.29 is 19.1 Å². The highest BCUT2D eigenvalue weighted by Crippen LogP contribution is 2.27. The second-order valence-corrected chi connectivity index (χ2v) is 5.67. The number of Topliss-reactive ketones (excluding diaryl/α,β-unsaturated/α-hetero) is 1. The molecule has 0 amide bonds. The average Bonchev–Trinajstić information content (AvgIpc) is 2.44. The van der Waals surface area contributed by atoms with Crippen molar-refractivity contribution in [2.75, 3.05) is 6.61 Å². The summed E-state index contributed by atoms with van der Waals surface area (Å²) in [6, 6.07) is 7.30.